The summed E-state index contributed by atoms with van der Waals surface area (Å²) in [5, 5.41) is 20.5. The molecule has 0 saturated carbocycles. The van der Waals surface area contributed by atoms with Gasteiger partial charge in [0.25, 0.3) is 0 Å². The number of ether oxygens (including phenoxy) is 4. The molecular weight excluding hydrogens is 885 g/mol. The molecule has 10 rings (SSSR count). The molecule has 4 aromatic heterocycles. The van der Waals surface area contributed by atoms with E-state index < -0.39 is 0 Å². The predicted molar refractivity (Wildman–Crippen MR) is 261 cm³/mol. The molecule has 0 radical (unpaired) electrons. The van der Waals surface area contributed by atoms with Crippen molar-refractivity contribution in [3.05, 3.63) is 125 Å². The van der Waals surface area contributed by atoms with Crippen LogP contribution in [0.15, 0.2) is 90.9 Å². The Bertz CT molecular complexity index is 3370. The Hall–Kier alpha value is -9.13. The van der Waals surface area contributed by atoms with E-state index in [9.17, 15) is 24.0 Å². The maximum atomic E-state index is 13.2. The molecule has 0 saturated heterocycles. The number of aromatic nitrogens is 6. The lowest BCUT2D eigenvalue weighted by Gasteiger charge is -2.05. The monoisotopic (exact) mass is 932 g/mol. The number of H-pyrrole nitrogens is 2. The van der Waals surface area contributed by atoms with Crippen LogP contribution in [0.4, 0.5) is 21.0 Å². The number of hydrogen-bond donors (Lipinski definition) is 6. The van der Waals surface area contributed by atoms with Gasteiger partial charge in [-0.25, -0.2) is 9.59 Å². The lowest BCUT2D eigenvalue weighted by molar-refractivity contribution is 0.0960. The summed E-state index contributed by atoms with van der Waals surface area (Å²) in [5.74, 6) is 2.31. The number of carbonyl (C=O) groups excluding carboxylic acids is 5. The minimum atomic E-state index is -0.369. The number of nitrogens with one attached hydrogen (secondary N) is 6. The van der Waals surface area contributed by atoms with Gasteiger partial charge in [-0.15, -0.1) is 0 Å². The quantitative estimate of drug-likeness (QED) is 0.0631. The van der Waals surface area contributed by atoms with Gasteiger partial charge in [-0.05, 0) is 92.7 Å². The summed E-state index contributed by atoms with van der Waals surface area (Å²) in [6.45, 7) is 4.04. The van der Waals surface area contributed by atoms with E-state index in [-0.39, 0.29) is 36.0 Å². The molecule has 0 aliphatic carbocycles. The van der Waals surface area contributed by atoms with Crippen LogP contribution in [0.2, 0.25) is 0 Å². The Morgan fingerprint density at radius 2 is 1.19 bits per heavy atom. The molecule has 6 heterocycles. The molecule has 2 aliphatic heterocycles. The van der Waals surface area contributed by atoms with E-state index in [1.807, 2.05) is 64.3 Å². The van der Waals surface area contributed by atoms with E-state index >= 15 is 0 Å². The Labute approximate surface area is 394 Å². The van der Waals surface area contributed by atoms with Gasteiger partial charge in [0.2, 0.25) is 11.6 Å². The van der Waals surface area contributed by atoms with E-state index in [2.05, 4.69) is 41.4 Å². The number of aldehydes is 1. The number of Topliss-reactive ketones (excluding diaryl/α,β-unsaturated/α-hetero) is 2. The average Bonchev–Trinajstić information content (AvgIpc) is 4.22. The fourth-order valence-corrected chi connectivity index (χ4v) is 7.78. The number of aromatic amines is 2. The average molecular weight is 933 g/mol. The van der Waals surface area contributed by atoms with E-state index in [0.717, 1.165) is 73.3 Å². The summed E-state index contributed by atoms with van der Waals surface area (Å²) >= 11 is 0. The first kappa shape index (κ1) is 46.4. The Kier molecular flexibility index (Phi) is 13.0. The first-order chi connectivity index (χ1) is 33.2. The van der Waals surface area contributed by atoms with Crippen LogP contribution < -0.4 is 40.2 Å². The molecule has 8 aromatic rings. The Morgan fingerprint density at radius 1 is 0.681 bits per heavy atom. The number of nitrogens with zero attached hydrogens (tertiary/aromatic N) is 4. The summed E-state index contributed by atoms with van der Waals surface area (Å²) in [5.41, 5.74) is 10.7. The molecule has 0 unspecified atom stereocenters. The van der Waals surface area contributed by atoms with E-state index in [4.69, 9.17) is 18.9 Å². The molecule has 0 bridgehead atoms. The minimum Gasteiger partial charge on any atom is -0.497 e. The van der Waals surface area contributed by atoms with Crippen molar-refractivity contribution in [1.29, 1.82) is 0 Å². The zero-order valence-corrected chi connectivity index (χ0v) is 38.9. The highest BCUT2D eigenvalue weighted by Crippen LogP contribution is 2.39. The number of rotatable bonds is 8. The molecule has 69 heavy (non-hydrogen) atoms. The standard InChI is InChI=1S/C25H23N5O4.C15H15N3O2.C10H10N2O3/c1-13-19(12-27-30(13)3)23-17(16-10-15(33-4)6-7-20(16)29-23)11-22-24(31)18-9-14(28-25(32)26-2)5-8-21(18)34-22;1-9-12(7-16-18(9)2)15-13(8-19)11-6-10(20-3)4-5-14(11)17-15;1-11-10(14)12-6-2-3-9-7(4-6)8(13)5-15-9/h5-12,29H,1-4H3,(H2,26,28,32);4-8,17H,1-3H3;2-4H,5H2,1H3,(H2,11,12,14)/b22-11-;;. The van der Waals surface area contributed by atoms with Gasteiger partial charge in [0.05, 0.1) is 49.1 Å². The third-order valence-corrected chi connectivity index (χ3v) is 11.8. The van der Waals surface area contributed by atoms with Gasteiger partial charge in [0.1, 0.15) is 23.0 Å². The second-order valence-electron chi connectivity index (χ2n) is 15.8. The highest BCUT2D eigenvalue weighted by Gasteiger charge is 2.29. The van der Waals surface area contributed by atoms with E-state index in [0.29, 0.717) is 45.3 Å². The number of amides is 4. The van der Waals surface area contributed by atoms with Crippen LogP contribution in [0.1, 0.15) is 48.0 Å². The molecule has 19 heteroatoms. The molecule has 352 valence electrons. The fraction of sp³-hybridized carbons (Fsp3) is 0.180. The first-order valence-corrected chi connectivity index (χ1v) is 21.4. The zero-order valence-electron chi connectivity index (χ0n) is 38.9. The molecule has 4 amide bonds. The largest absolute Gasteiger partial charge is 0.497 e. The molecule has 0 atom stereocenters. The number of fused-ring (bicyclic) bond motifs is 4. The topological polar surface area (TPSA) is 238 Å². The van der Waals surface area contributed by atoms with Gasteiger partial charge < -0.3 is 50.2 Å². The number of aryl methyl sites for hydroxylation is 2. The molecule has 4 aromatic carbocycles. The van der Waals surface area contributed by atoms with Crippen molar-refractivity contribution in [3.8, 4) is 45.5 Å². The Morgan fingerprint density at radius 3 is 1.68 bits per heavy atom. The number of anilines is 2. The lowest BCUT2D eigenvalue weighted by atomic mass is 10.0. The van der Waals surface area contributed by atoms with Gasteiger partial charge >= 0.3 is 12.1 Å². The maximum absolute atomic E-state index is 13.2. The Balaban J connectivity index is 0.000000155. The summed E-state index contributed by atoms with van der Waals surface area (Å²) in [6, 6.07) is 20.6. The van der Waals surface area contributed by atoms with Crippen LogP contribution in [0.5, 0.6) is 23.0 Å². The number of ketones is 2. The number of hydrogen-bond acceptors (Lipinski definition) is 11. The van der Waals surface area contributed by atoms with Crippen molar-refractivity contribution in [2.75, 3.05) is 45.6 Å². The van der Waals surface area contributed by atoms with Crippen molar-refractivity contribution in [2.24, 2.45) is 14.1 Å². The molecule has 0 spiro atoms. The highest BCUT2D eigenvalue weighted by molar-refractivity contribution is 6.16. The number of allylic oxidation sites excluding steroid dienone is 1. The highest BCUT2D eigenvalue weighted by atomic mass is 16.5. The third kappa shape index (κ3) is 9.20. The number of methoxy groups -OCH3 is 2. The van der Waals surface area contributed by atoms with Crippen LogP contribution in [-0.4, -0.2) is 94.4 Å². The fourth-order valence-electron chi connectivity index (χ4n) is 7.78. The van der Waals surface area contributed by atoms with E-state index in [1.54, 1.807) is 78.5 Å². The molecule has 19 nitrogen and oxygen atoms in total. The second kappa shape index (κ2) is 19.4. The van der Waals surface area contributed by atoms with Crippen molar-refractivity contribution < 1.29 is 42.9 Å². The predicted octanol–water partition coefficient (Wildman–Crippen LogP) is 7.96. The zero-order chi connectivity index (χ0) is 49.1. The summed E-state index contributed by atoms with van der Waals surface area (Å²) in [7, 11) is 10.0. The van der Waals surface area contributed by atoms with Crippen LogP contribution in [-0.2, 0) is 14.1 Å². The molecule has 6 N–H and O–H groups in total. The van der Waals surface area contributed by atoms with Crippen LogP contribution in [0.3, 0.4) is 0 Å². The van der Waals surface area contributed by atoms with Gasteiger partial charge in [0.15, 0.2) is 18.7 Å². The molecule has 2 aliphatic rings. The lowest BCUT2D eigenvalue weighted by Crippen LogP contribution is -2.24. The summed E-state index contributed by atoms with van der Waals surface area (Å²) in [4.78, 5) is 65.5. The third-order valence-electron chi connectivity index (χ3n) is 11.8. The van der Waals surface area contributed by atoms with Gasteiger partial charge in [0, 0.05) is 95.0 Å². The van der Waals surface area contributed by atoms with Crippen LogP contribution in [0.25, 0.3) is 50.4 Å². The van der Waals surface area contributed by atoms with Gasteiger partial charge in [-0.2, -0.15) is 10.2 Å². The second-order valence-corrected chi connectivity index (χ2v) is 15.8. The number of carbonyl (C=O) groups is 5. The number of urea groups is 2. The summed E-state index contributed by atoms with van der Waals surface area (Å²) < 4.78 is 25.3. The maximum Gasteiger partial charge on any atom is 0.318 e. The minimum absolute atomic E-state index is 0.0643. The van der Waals surface area contributed by atoms with E-state index in [1.165, 1.54) is 14.1 Å². The molecule has 0 fully saturated rings. The van der Waals surface area contributed by atoms with Crippen LogP contribution in [0, 0.1) is 13.8 Å². The smallest absolute Gasteiger partial charge is 0.318 e. The first-order valence-electron chi connectivity index (χ1n) is 21.4. The van der Waals surface area contributed by atoms with Gasteiger partial charge in [-0.1, -0.05) is 0 Å². The SMILES string of the molecule is CNC(=O)Nc1ccc2c(c1)C(=O)/C(=C/c1c(-c3cnn(C)c3C)[nH]c3ccc(OC)cc13)O2.CNC(=O)Nc1ccc2c(c1)C(=O)CO2.COc1ccc2[nH]c(-c3cnn(C)c3C)c(C=O)c2c1. The summed E-state index contributed by atoms with van der Waals surface area (Å²) in [6.07, 6.45) is 6.18. The molecular formula is C50H48N10O9. The number of benzene rings is 4. The van der Waals surface area contributed by atoms with Gasteiger partial charge in [-0.3, -0.25) is 23.7 Å². The van der Waals surface area contributed by atoms with Crippen molar-refractivity contribution in [2.45, 2.75) is 13.8 Å². The normalized spacial score (nSPS) is 12.8. The van der Waals surface area contributed by atoms with Crippen LogP contribution >= 0.6 is 0 Å². The van der Waals surface area contributed by atoms with Crippen molar-refractivity contribution in [3.63, 3.8) is 0 Å². The van der Waals surface area contributed by atoms with Crippen molar-refractivity contribution >= 4 is 69.2 Å². The van der Waals surface area contributed by atoms with Crippen molar-refractivity contribution in [1.82, 2.24) is 40.2 Å².